The number of hydrogen-bond acceptors (Lipinski definition) is 3. The zero-order valence-electron chi connectivity index (χ0n) is 14.2. The summed E-state index contributed by atoms with van der Waals surface area (Å²) in [5, 5.41) is 2.91. The maximum Gasteiger partial charge on any atom is 0.321 e. The second kappa shape index (κ2) is 9.70. The number of carbonyl (C=O) groups is 1. The highest BCUT2D eigenvalue weighted by Gasteiger charge is 2.09. The van der Waals surface area contributed by atoms with Crippen molar-refractivity contribution in [3.05, 3.63) is 65.7 Å². The molecule has 0 spiro atoms. The average molecular weight is 328 g/mol. The Morgan fingerprint density at radius 2 is 1.79 bits per heavy atom. The van der Waals surface area contributed by atoms with E-state index in [0.717, 1.165) is 16.8 Å². The summed E-state index contributed by atoms with van der Waals surface area (Å²) in [6, 6.07) is 17.4. The van der Waals surface area contributed by atoms with Crippen molar-refractivity contribution in [1.29, 1.82) is 0 Å². The molecular formula is C19H24N2O3. The largest absolute Gasteiger partial charge is 0.382 e. The Hall–Kier alpha value is -2.37. The number of rotatable bonds is 8. The molecule has 2 rings (SSSR count). The van der Waals surface area contributed by atoms with E-state index in [-0.39, 0.29) is 6.03 Å². The molecule has 0 aliphatic rings. The number of carbonyl (C=O) groups excluding carboxylic acids is 1. The molecule has 2 amide bonds. The standard InChI is InChI=1S/C19H24N2O3/c1-21(14-16-7-4-3-5-8-16)19(22)20-18-10-6-9-17(13-18)15-24-12-11-23-2/h3-10,13H,11-12,14-15H2,1-2H3,(H,20,22). The van der Waals surface area contributed by atoms with E-state index < -0.39 is 0 Å². The zero-order chi connectivity index (χ0) is 17.2. The lowest BCUT2D eigenvalue weighted by Crippen LogP contribution is -2.30. The molecule has 128 valence electrons. The Balaban J connectivity index is 1.86. The Bertz CT molecular complexity index is 632. The molecule has 0 fully saturated rings. The number of urea groups is 1. The van der Waals surface area contributed by atoms with E-state index >= 15 is 0 Å². The fourth-order valence-electron chi connectivity index (χ4n) is 2.22. The van der Waals surface area contributed by atoms with Crippen LogP contribution in [0.2, 0.25) is 0 Å². The van der Waals surface area contributed by atoms with Crippen LogP contribution < -0.4 is 5.32 Å². The summed E-state index contributed by atoms with van der Waals surface area (Å²) >= 11 is 0. The first-order valence-electron chi connectivity index (χ1n) is 7.90. The Kier molecular flexibility index (Phi) is 7.26. The summed E-state index contributed by atoms with van der Waals surface area (Å²) in [7, 11) is 3.42. The van der Waals surface area contributed by atoms with Gasteiger partial charge in [-0.1, -0.05) is 42.5 Å². The van der Waals surface area contributed by atoms with Gasteiger partial charge in [-0.2, -0.15) is 0 Å². The van der Waals surface area contributed by atoms with Gasteiger partial charge < -0.3 is 19.7 Å². The predicted octanol–water partition coefficient (Wildman–Crippen LogP) is 3.51. The van der Waals surface area contributed by atoms with Crippen molar-refractivity contribution in [2.75, 3.05) is 32.7 Å². The van der Waals surface area contributed by atoms with Gasteiger partial charge in [0.05, 0.1) is 19.8 Å². The third kappa shape index (κ3) is 6.02. The molecule has 0 aliphatic carbocycles. The number of benzene rings is 2. The zero-order valence-corrected chi connectivity index (χ0v) is 14.2. The number of hydrogen-bond donors (Lipinski definition) is 1. The van der Waals surface area contributed by atoms with Crippen molar-refractivity contribution >= 4 is 11.7 Å². The van der Waals surface area contributed by atoms with E-state index in [1.807, 2.05) is 54.6 Å². The molecule has 2 aromatic carbocycles. The molecule has 5 nitrogen and oxygen atoms in total. The van der Waals surface area contributed by atoms with Crippen LogP contribution in [0.1, 0.15) is 11.1 Å². The molecule has 0 atom stereocenters. The van der Waals surface area contributed by atoms with Gasteiger partial charge in [0.15, 0.2) is 0 Å². The molecular weight excluding hydrogens is 304 g/mol. The quantitative estimate of drug-likeness (QED) is 0.755. The number of methoxy groups -OCH3 is 1. The van der Waals surface area contributed by atoms with Crippen molar-refractivity contribution in [3.63, 3.8) is 0 Å². The Morgan fingerprint density at radius 1 is 1.04 bits per heavy atom. The van der Waals surface area contributed by atoms with Gasteiger partial charge >= 0.3 is 6.03 Å². The molecule has 0 unspecified atom stereocenters. The first-order valence-corrected chi connectivity index (χ1v) is 7.90. The van der Waals surface area contributed by atoms with E-state index in [2.05, 4.69) is 5.32 Å². The van der Waals surface area contributed by atoms with Crippen LogP contribution in [0.25, 0.3) is 0 Å². The first kappa shape index (κ1) is 18.0. The second-order valence-electron chi connectivity index (χ2n) is 5.52. The molecule has 0 bridgehead atoms. The third-order valence-corrected chi connectivity index (χ3v) is 3.49. The van der Waals surface area contributed by atoms with Gasteiger partial charge in [0.1, 0.15) is 0 Å². The van der Waals surface area contributed by atoms with Gasteiger partial charge in [-0.05, 0) is 23.3 Å². The summed E-state index contributed by atoms with van der Waals surface area (Å²) in [4.78, 5) is 13.9. The molecule has 0 aliphatic heterocycles. The maximum atomic E-state index is 12.3. The smallest absolute Gasteiger partial charge is 0.321 e. The van der Waals surface area contributed by atoms with E-state index in [4.69, 9.17) is 9.47 Å². The fourth-order valence-corrected chi connectivity index (χ4v) is 2.22. The van der Waals surface area contributed by atoms with E-state index in [9.17, 15) is 4.79 Å². The highest BCUT2D eigenvalue weighted by atomic mass is 16.5. The summed E-state index contributed by atoms with van der Waals surface area (Å²) in [6.45, 7) is 2.17. The van der Waals surface area contributed by atoms with Gasteiger partial charge in [-0.3, -0.25) is 0 Å². The van der Waals surface area contributed by atoms with Crippen molar-refractivity contribution in [1.82, 2.24) is 4.90 Å². The van der Waals surface area contributed by atoms with E-state index in [1.165, 1.54) is 0 Å². The Morgan fingerprint density at radius 3 is 2.54 bits per heavy atom. The minimum atomic E-state index is -0.142. The highest BCUT2D eigenvalue weighted by Crippen LogP contribution is 2.13. The molecule has 2 aromatic rings. The van der Waals surface area contributed by atoms with Crippen LogP contribution in [0.4, 0.5) is 10.5 Å². The highest BCUT2D eigenvalue weighted by molar-refractivity contribution is 5.89. The predicted molar refractivity (Wildman–Crippen MR) is 94.9 cm³/mol. The lowest BCUT2D eigenvalue weighted by Gasteiger charge is -2.18. The van der Waals surface area contributed by atoms with Gasteiger partial charge in [0, 0.05) is 26.4 Å². The molecule has 0 aromatic heterocycles. The molecule has 1 N–H and O–H groups in total. The topological polar surface area (TPSA) is 50.8 Å². The van der Waals surface area contributed by atoms with Crippen LogP contribution in [0.15, 0.2) is 54.6 Å². The average Bonchev–Trinajstić information content (AvgIpc) is 2.60. The second-order valence-corrected chi connectivity index (χ2v) is 5.52. The minimum absolute atomic E-state index is 0.142. The number of nitrogens with one attached hydrogen (secondary N) is 1. The number of nitrogens with zero attached hydrogens (tertiary/aromatic N) is 1. The van der Waals surface area contributed by atoms with E-state index in [0.29, 0.717) is 26.4 Å². The summed E-state index contributed by atoms with van der Waals surface area (Å²) < 4.78 is 10.4. The van der Waals surface area contributed by atoms with Crippen LogP contribution in [0, 0.1) is 0 Å². The summed E-state index contributed by atoms with van der Waals surface area (Å²) in [5.74, 6) is 0. The Labute approximate surface area is 143 Å². The minimum Gasteiger partial charge on any atom is -0.382 e. The lowest BCUT2D eigenvalue weighted by molar-refractivity contribution is 0.0617. The summed E-state index contributed by atoms with van der Waals surface area (Å²) in [5.41, 5.74) is 2.86. The number of ether oxygens (including phenoxy) is 2. The number of amides is 2. The summed E-state index contributed by atoms with van der Waals surface area (Å²) in [6.07, 6.45) is 0. The van der Waals surface area contributed by atoms with Crippen molar-refractivity contribution in [3.8, 4) is 0 Å². The van der Waals surface area contributed by atoms with Crippen LogP contribution in [-0.2, 0) is 22.6 Å². The van der Waals surface area contributed by atoms with Crippen LogP contribution in [0.5, 0.6) is 0 Å². The number of anilines is 1. The molecule has 24 heavy (non-hydrogen) atoms. The monoisotopic (exact) mass is 328 g/mol. The molecule has 0 heterocycles. The SMILES string of the molecule is COCCOCc1cccc(NC(=O)N(C)Cc2ccccc2)c1. The van der Waals surface area contributed by atoms with Crippen molar-refractivity contribution in [2.24, 2.45) is 0 Å². The molecule has 5 heteroatoms. The van der Waals surface area contributed by atoms with Gasteiger partial charge in [-0.15, -0.1) is 0 Å². The van der Waals surface area contributed by atoms with Gasteiger partial charge in [0.25, 0.3) is 0 Å². The van der Waals surface area contributed by atoms with Gasteiger partial charge in [-0.25, -0.2) is 4.79 Å². The molecule has 0 saturated carbocycles. The first-order chi connectivity index (χ1) is 11.7. The van der Waals surface area contributed by atoms with Crippen LogP contribution in [0.3, 0.4) is 0 Å². The lowest BCUT2D eigenvalue weighted by atomic mass is 10.2. The van der Waals surface area contributed by atoms with Crippen molar-refractivity contribution < 1.29 is 14.3 Å². The fraction of sp³-hybridized carbons (Fsp3) is 0.316. The molecule has 0 saturated heterocycles. The van der Waals surface area contributed by atoms with Crippen molar-refractivity contribution in [2.45, 2.75) is 13.2 Å². The third-order valence-electron chi connectivity index (χ3n) is 3.49. The van der Waals surface area contributed by atoms with Gasteiger partial charge in [0.2, 0.25) is 0 Å². The maximum absolute atomic E-state index is 12.3. The van der Waals surface area contributed by atoms with E-state index in [1.54, 1.807) is 19.1 Å². The van der Waals surface area contributed by atoms with Crippen LogP contribution >= 0.6 is 0 Å². The normalized spacial score (nSPS) is 10.4. The van der Waals surface area contributed by atoms with Crippen LogP contribution in [-0.4, -0.2) is 38.3 Å². The molecule has 0 radical (unpaired) electrons.